The zero-order chi connectivity index (χ0) is 22.6. The molecule has 0 atom stereocenters. The number of carbonyl (C=O) groups is 1. The second-order valence-electron chi connectivity index (χ2n) is 7.46. The Hall–Kier alpha value is -3.17. The number of para-hydroxylation sites is 1. The molecule has 0 bridgehead atoms. The first kappa shape index (κ1) is 22.5. The Morgan fingerprint density at radius 1 is 1.13 bits per heavy atom. The zero-order valence-corrected chi connectivity index (χ0v) is 18.9. The van der Waals surface area contributed by atoms with Crippen LogP contribution in [0.5, 0.6) is 0 Å². The number of hydrogen-bond acceptors (Lipinski definition) is 4. The highest BCUT2D eigenvalue weighted by Crippen LogP contribution is 2.25. The molecule has 0 aliphatic heterocycles. The number of anilines is 1. The van der Waals surface area contributed by atoms with E-state index >= 15 is 0 Å². The molecule has 9 heteroatoms. The summed E-state index contributed by atoms with van der Waals surface area (Å²) >= 11 is 0. The van der Waals surface area contributed by atoms with Crippen LogP contribution in [0.25, 0.3) is 5.69 Å². The van der Waals surface area contributed by atoms with Gasteiger partial charge in [-0.3, -0.25) is 4.79 Å². The van der Waals surface area contributed by atoms with Crippen molar-refractivity contribution < 1.29 is 13.2 Å². The molecule has 0 saturated carbocycles. The SMILES string of the molecule is Cc1ccc(C)c(N(CC(=O)NCc2ccccc2-n2ccnc2)S(=O)(=O)N(C)C)c1. The van der Waals surface area contributed by atoms with E-state index in [1.54, 1.807) is 18.6 Å². The van der Waals surface area contributed by atoms with Crippen molar-refractivity contribution in [2.45, 2.75) is 20.4 Å². The summed E-state index contributed by atoms with van der Waals surface area (Å²) in [5, 5.41) is 2.85. The van der Waals surface area contributed by atoms with Gasteiger partial charge in [-0.05, 0) is 42.7 Å². The molecule has 0 fully saturated rings. The maximum Gasteiger partial charge on any atom is 0.304 e. The first-order valence-corrected chi connectivity index (χ1v) is 11.2. The van der Waals surface area contributed by atoms with Crippen LogP contribution < -0.4 is 9.62 Å². The molecular formula is C22H27N5O3S. The number of rotatable bonds is 8. The average Bonchev–Trinajstić information content (AvgIpc) is 3.27. The van der Waals surface area contributed by atoms with E-state index in [0.29, 0.717) is 5.69 Å². The Kier molecular flexibility index (Phi) is 6.77. The summed E-state index contributed by atoms with van der Waals surface area (Å²) < 4.78 is 30.1. The molecule has 1 aromatic heterocycles. The maximum atomic E-state index is 13.0. The van der Waals surface area contributed by atoms with E-state index in [2.05, 4.69) is 10.3 Å². The Morgan fingerprint density at radius 2 is 1.87 bits per heavy atom. The van der Waals surface area contributed by atoms with Gasteiger partial charge in [0.15, 0.2) is 0 Å². The minimum absolute atomic E-state index is 0.260. The smallest absolute Gasteiger partial charge is 0.304 e. The number of hydrogen-bond donors (Lipinski definition) is 1. The molecule has 2 aromatic carbocycles. The number of imidazole rings is 1. The van der Waals surface area contributed by atoms with E-state index in [1.807, 2.05) is 61.0 Å². The van der Waals surface area contributed by atoms with Crippen LogP contribution in [0.15, 0.2) is 61.2 Å². The topological polar surface area (TPSA) is 87.5 Å². The third kappa shape index (κ3) is 5.12. The third-order valence-corrected chi connectivity index (χ3v) is 6.72. The predicted octanol–water partition coefficient (Wildman–Crippen LogP) is 2.42. The molecule has 0 saturated heterocycles. The van der Waals surface area contributed by atoms with Crippen molar-refractivity contribution in [2.24, 2.45) is 0 Å². The van der Waals surface area contributed by atoms with Crippen LogP contribution in [-0.2, 0) is 21.5 Å². The first-order valence-electron chi connectivity index (χ1n) is 9.80. The van der Waals surface area contributed by atoms with Crippen molar-refractivity contribution in [2.75, 3.05) is 24.9 Å². The quantitative estimate of drug-likeness (QED) is 0.582. The number of benzene rings is 2. The highest BCUT2D eigenvalue weighted by Gasteiger charge is 2.28. The molecule has 0 radical (unpaired) electrons. The lowest BCUT2D eigenvalue weighted by molar-refractivity contribution is -0.119. The molecule has 1 heterocycles. The van der Waals surface area contributed by atoms with Gasteiger partial charge >= 0.3 is 10.2 Å². The molecule has 8 nitrogen and oxygen atoms in total. The molecule has 1 N–H and O–H groups in total. The molecule has 3 aromatic rings. The average molecular weight is 442 g/mol. The largest absolute Gasteiger partial charge is 0.350 e. The number of aryl methyl sites for hydroxylation is 2. The summed E-state index contributed by atoms with van der Waals surface area (Å²) in [6, 6.07) is 13.2. The summed E-state index contributed by atoms with van der Waals surface area (Å²) in [6.07, 6.45) is 5.20. The summed E-state index contributed by atoms with van der Waals surface area (Å²) in [6.45, 7) is 3.65. The molecule has 31 heavy (non-hydrogen) atoms. The fraction of sp³-hybridized carbons (Fsp3) is 0.273. The minimum Gasteiger partial charge on any atom is -0.350 e. The fourth-order valence-electron chi connectivity index (χ4n) is 3.17. The number of aromatic nitrogens is 2. The van der Waals surface area contributed by atoms with Crippen molar-refractivity contribution in [1.29, 1.82) is 0 Å². The lowest BCUT2D eigenvalue weighted by atomic mass is 10.1. The molecule has 164 valence electrons. The molecule has 3 rings (SSSR count). The van der Waals surface area contributed by atoms with Crippen LogP contribution in [0.2, 0.25) is 0 Å². The summed E-state index contributed by atoms with van der Waals surface area (Å²) in [4.78, 5) is 16.9. The molecule has 0 aliphatic rings. The second-order valence-corrected chi connectivity index (χ2v) is 9.53. The highest BCUT2D eigenvalue weighted by atomic mass is 32.2. The van der Waals surface area contributed by atoms with Gasteiger partial charge < -0.3 is 9.88 Å². The number of amides is 1. The lowest BCUT2D eigenvalue weighted by Gasteiger charge is -2.28. The molecule has 0 spiro atoms. The van der Waals surface area contributed by atoms with Gasteiger partial charge in [0.05, 0.1) is 17.7 Å². The van der Waals surface area contributed by atoms with Crippen LogP contribution in [0.1, 0.15) is 16.7 Å². The summed E-state index contributed by atoms with van der Waals surface area (Å²) in [7, 11) is -0.957. The van der Waals surface area contributed by atoms with Crippen molar-refractivity contribution >= 4 is 21.8 Å². The van der Waals surface area contributed by atoms with Crippen molar-refractivity contribution in [1.82, 2.24) is 19.2 Å². The minimum atomic E-state index is -3.86. The van der Waals surface area contributed by atoms with Gasteiger partial charge in [-0.25, -0.2) is 9.29 Å². The second kappa shape index (κ2) is 9.32. The van der Waals surface area contributed by atoms with Crippen LogP contribution in [0.3, 0.4) is 0 Å². The van der Waals surface area contributed by atoms with Gasteiger partial charge in [0.25, 0.3) is 0 Å². The van der Waals surface area contributed by atoms with Gasteiger partial charge in [-0.1, -0.05) is 30.3 Å². The van der Waals surface area contributed by atoms with E-state index in [0.717, 1.165) is 31.0 Å². The van der Waals surface area contributed by atoms with Gasteiger partial charge in [-0.2, -0.15) is 12.7 Å². The lowest BCUT2D eigenvalue weighted by Crippen LogP contribution is -2.46. The van der Waals surface area contributed by atoms with E-state index in [-0.39, 0.29) is 13.1 Å². The van der Waals surface area contributed by atoms with E-state index in [1.165, 1.54) is 14.1 Å². The van der Waals surface area contributed by atoms with Gasteiger partial charge in [0, 0.05) is 33.0 Å². The van der Waals surface area contributed by atoms with Crippen LogP contribution in [0, 0.1) is 13.8 Å². The van der Waals surface area contributed by atoms with E-state index in [9.17, 15) is 13.2 Å². The Morgan fingerprint density at radius 3 is 2.55 bits per heavy atom. The highest BCUT2D eigenvalue weighted by molar-refractivity contribution is 7.90. The van der Waals surface area contributed by atoms with Crippen LogP contribution >= 0.6 is 0 Å². The monoisotopic (exact) mass is 441 g/mol. The Bertz CT molecular complexity index is 1160. The third-order valence-electron chi connectivity index (χ3n) is 4.91. The van der Waals surface area contributed by atoms with Gasteiger partial charge in [0.2, 0.25) is 5.91 Å². The Labute approximate surface area is 183 Å². The zero-order valence-electron chi connectivity index (χ0n) is 18.1. The number of nitrogens with zero attached hydrogens (tertiary/aromatic N) is 4. The van der Waals surface area contributed by atoms with Crippen molar-refractivity contribution in [3.8, 4) is 5.69 Å². The van der Waals surface area contributed by atoms with E-state index < -0.39 is 16.1 Å². The number of carbonyl (C=O) groups excluding carboxylic acids is 1. The molecular weight excluding hydrogens is 414 g/mol. The van der Waals surface area contributed by atoms with Crippen LogP contribution in [0.4, 0.5) is 5.69 Å². The maximum absolute atomic E-state index is 13.0. The molecule has 0 unspecified atom stereocenters. The standard InChI is InChI=1S/C22H27N5O3S/c1-17-9-10-18(2)21(13-17)27(31(29,30)25(3)4)15-22(28)24-14-19-7-5-6-8-20(19)26-12-11-23-16-26/h5-13,16H,14-15H2,1-4H3,(H,24,28). The fourth-order valence-corrected chi connectivity index (χ4v) is 4.29. The van der Waals surface area contributed by atoms with Crippen molar-refractivity contribution in [3.63, 3.8) is 0 Å². The normalized spacial score (nSPS) is 11.5. The van der Waals surface area contributed by atoms with Gasteiger partial charge in [-0.15, -0.1) is 0 Å². The number of nitrogens with one attached hydrogen (secondary N) is 1. The Balaban J connectivity index is 1.82. The first-order chi connectivity index (χ1) is 14.7. The summed E-state index contributed by atoms with van der Waals surface area (Å²) in [5.41, 5.74) is 3.96. The van der Waals surface area contributed by atoms with Crippen molar-refractivity contribution in [3.05, 3.63) is 77.9 Å². The molecule has 1 amide bonds. The van der Waals surface area contributed by atoms with E-state index in [4.69, 9.17) is 0 Å². The van der Waals surface area contributed by atoms with Crippen LogP contribution in [-0.4, -0.2) is 48.8 Å². The predicted molar refractivity (Wildman–Crippen MR) is 121 cm³/mol. The molecule has 0 aliphatic carbocycles. The van der Waals surface area contributed by atoms with Gasteiger partial charge in [0.1, 0.15) is 6.54 Å². The summed E-state index contributed by atoms with van der Waals surface area (Å²) in [5.74, 6) is -0.397.